The molecule has 116 valence electrons. The summed E-state index contributed by atoms with van der Waals surface area (Å²) < 4.78 is 9.88. The van der Waals surface area contributed by atoms with Crippen LogP contribution in [-0.2, 0) is 19.1 Å². The van der Waals surface area contributed by atoms with Gasteiger partial charge in [0.15, 0.2) is 5.78 Å². The summed E-state index contributed by atoms with van der Waals surface area (Å²) in [6.45, 7) is 2.83. The van der Waals surface area contributed by atoms with Crippen molar-refractivity contribution in [2.24, 2.45) is 5.92 Å². The maximum Gasteiger partial charge on any atom is 0.331 e. The van der Waals surface area contributed by atoms with Crippen LogP contribution in [-0.4, -0.2) is 36.8 Å². The summed E-state index contributed by atoms with van der Waals surface area (Å²) >= 11 is 0. The van der Waals surface area contributed by atoms with Gasteiger partial charge in [-0.25, -0.2) is 0 Å². The lowest BCUT2D eigenvalue weighted by Crippen LogP contribution is -2.49. The van der Waals surface area contributed by atoms with Crippen molar-refractivity contribution < 1.29 is 23.9 Å². The molecule has 2 N–H and O–H groups in total. The fourth-order valence-electron chi connectivity index (χ4n) is 2.16. The summed E-state index contributed by atoms with van der Waals surface area (Å²) in [7, 11) is 1.68. The number of carbonyl (C=O) groups is 3. The Morgan fingerprint density at radius 2 is 1.86 bits per heavy atom. The van der Waals surface area contributed by atoms with E-state index in [2.05, 4.69) is 5.32 Å². The van der Waals surface area contributed by atoms with Crippen LogP contribution in [0.25, 0.3) is 0 Å². The van der Waals surface area contributed by atoms with Gasteiger partial charge in [-0.05, 0) is 18.2 Å². The van der Waals surface area contributed by atoms with Crippen LogP contribution in [0.5, 0.6) is 0 Å². The highest BCUT2D eigenvalue weighted by Gasteiger charge is 2.47. The Morgan fingerprint density at radius 3 is 2.36 bits per heavy atom. The second-order valence-corrected chi connectivity index (χ2v) is 5.24. The number of anilines is 1. The van der Waals surface area contributed by atoms with Crippen LogP contribution in [0.15, 0.2) is 18.2 Å². The molecule has 0 bridgehead atoms. The van der Waals surface area contributed by atoms with Crippen LogP contribution in [0.3, 0.4) is 0 Å². The zero-order valence-electron chi connectivity index (χ0n) is 12.4. The monoisotopic (exact) mass is 304 g/mol. The minimum absolute atomic E-state index is 0.135. The summed E-state index contributed by atoms with van der Waals surface area (Å²) in [4.78, 5) is 36.2. The van der Waals surface area contributed by atoms with E-state index in [-0.39, 0.29) is 5.56 Å². The van der Waals surface area contributed by atoms with E-state index >= 15 is 0 Å². The number of ether oxygens (including phenoxy) is 2. The molecule has 0 amide bonds. The molecule has 0 saturated carbocycles. The lowest BCUT2D eigenvalue weighted by Gasteiger charge is -2.32. The van der Waals surface area contributed by atoms with Gasteiger partial charge in [0.2, 0.25) is 5.92 Å². The summed E-state index contributed by atoms with van der Waals surface area (Å²) in [5, 5.41) is 10.2. The van der Waals surface area contributed by atoms with Crippen LogP contribution < -0.4 is 5.32 Å². The molecule has 0 unspecified atom stereocenters. The average Bonchev–Trinajstić information content (AvgIpc) is 2.44. The van der Waals surface area contributed by atoms with Crippen LogP contribution in [0.1, 0.15) is 29.8 Å². The molecule has 1 saturated heterocycles. The molecular weight excluding hydrogens is 288 g/mol. The number of nitrogens with one attached hydrogen (secondary N) is 2. The number of cyclic esters (lactones) is 2. The third-order valence-electron chi connectivity index (χ3n) is 3.19. The first-order chi connectivity index (χ1) is 10.3. The van der Waals surface area contributed by atoms with Gasteiger partial charge in [-0.15, -0.1) is 0 Å². The van der Waals surface area contributed by atoms with E-state index in [0.29, 0.717) is 11.3 Å². The van der Waals surface area contributed by atoms with Gasteiger partial charge in [0.25, 0.3) is 5.79 Å². The highest BCUT2D eigenvalue weighted by molar-refractivity contribution is 6.21. The maximum atomic E-state index is 12.4. The van der Waals surface area contributed by atoms with Crippen LogP contribution in [0.4, 0.5) is 5.69 Å². The highest BCUT2D eigenvalue weighted by Crippen LogP contribution is 2.26. The molecule has 7 nitrogen and oxygen atoms in total. The van der Waals surface area contributed by atoms with Gasteiger partial charge in [0, 0.05) is 43.9 Å². The van der Waals surface area contributed by atoms with E-state index in [1.165, 1.54) is 26.0 Å². The molecule has 1 aromatic carbocycles. The summed E-state index contributed by atoms with van der Waals surface area (Å²) in [5.74, 6) is -5.58. The minimum atomic E-state index is -1.63. The van der Waals surface area contributed by atoms with Gasteiger partial charge < -0.3 is 20.2 Å². The quantitative estimate of drug-likeness (QED) is 0.376. The first-order valence-electron chi connectivity index (χ1n) is 6.61. The number of benzene rings is 1. The number of hydrogen-bond donors (Lipinski definition) is 2. The summed E-state index contributed by atoms with van der Waals surface area (Å²) in [6, 6.07) is 4.50. The Hall–Kier alpha value is -2.70. The van der Waals surface area contributed by atoms with Gasteiger partial charge in [0.05, 0.1) is 0 Å². The Morgan fingerprint density at radius 1 is 1.27 bits per heavy atom. The second-order valence-electron chi connectivity index (χ2n) is 5.24. The summed E-state index contributed by atoms with van der Waals surface area (Å²) in [5.41, 5.74) is 1.25. The summed E-state index contributed by atoms with van der Waals surface area (Å²) in [6.07, 6.45) is 1.07. The number of carbonyl (C=O) groups excluding carboxylic acids is 3. The number of Topliss-reactive ketones (excluding diaryl/α,β-unsaturated/α-hetero) is 1. The largest absolute Gasteiger partial charge is 0.422 e. The van der Waals surface area contributed by atoms with Gasteiger partial charge in [-0.2, -0.15) is 0 Å². The predicted octanol–water partition coefficient (Wildman–Crippen LogP) is 1.36. The second kappa shape index (κ2) is 5.59. The Kier molecular flexibility index (Phi) is 3.99. The van der Waals surface area contributed by atoms with Crippen LogP contribution in [0, 0.1) is 11.3 Å². The van der Waals surface area contributed by atoms with Crippen molar-refractivity contribution in [2.75, 3.05) is 12.4 Å². The van der Waals surface area contributed by atoms with Gasteiger partial charge in [0.1, 0.15) is 0 Å². The standard InChI is InChI=1S/C15H16N2O5/c1-15(2)21-13(19)11(14(20)22-15)12(18)8-4-5-10(17-3)9(6-8)7-16/h4-7,11,16-17H,1-3H3. The number of hydrogen-bond acceptors (Lipinski definition) is 7. The first-order valence-corrected chi connectivity index (χ1v) is 6.61. The van der Waals surface area contributed by atoms with Crippen molar-refractivity contribution in [1.29, 1.82) is 5.41 Å². The van der Waals surface area contributed by atoms with Crippen molar-refractivity contribution in [3.05, 3.63) is 29.3 Å². The fraction of sp³-hybridized carbons (Fsp3) is 0.333. The van der Waals surface area contributed by atoms with E-state index in [4.69, 9.17) is 14.9 Å². The topological polar surface area (TPSA) is 106 Å². The molecule has 0 spiro atoms. The van der Waals surface area contributed by atoms with E-state index in [0.717, 1.165) is 6.21 Å². The Labute approximate surface area is 127 Å². The Bertz CT molecular complexity index is 646. The van der Waals surface area contributed by atoms with Gasteiger partial charge >= 0.3 is 11.9 Å². The molecule has 0 atom stereocenters. The molecule has 1 fully saturated rings. The zero-order valence-corrected chi connectivity index (χ0v) is 12.4. The molecule has 2 rings (SSSR count). The van der Waals surface area contributed by atoms with E-state index in [9.17, 15) is 14.4 Å². The van der Waals surface area contributed by atoms with Gasteiger partial charge in [-0.3, -0.25) is 14.4 Å². The van der Waals surface area contributed by atoms with Crippen molar-refractivity contribution in [2.45, 2.75) is 19.6 Å². The Balaban J connectivity index is 2.34. The predicted molar refractivity (Wildman–Crippen MR) is 78.0 cm³/mol. The molecular formula is C15H16N2O5. The lowest BCUT2D eigenvalue weighted by molar-refractivity contribution is -0.236. The third kappa shape index (κ3) is 2.83. The van der Waals surface area contributed by atoms with Crippen LogP contribution in [0.2, 0.25) is 0 Å². The number of rotatable bonds is 4. The SMILES string of the molecule is CNc1ccc(C(=O)C2C(=O)OC(C)(C)OC2=O)cc1C=N. The zero-order chi connectivity index (χ0) is 16.5. The molecule has 0 aliphatic carbocycles. The fourth-order valence-corrected chi connectivity index (χ4v) is 2.16. The molecule has 1 aliphatic rings. The third-order valence-corrected chi connectivity index (χ3v) is 3.19. The average molecular weight is 304 g/mol. The van der Waals surface area contributed by atoms with Crippen molar-refractivity contribution in [3.63, 3.8) is 0 Å². The number of esters is 2. The number of ketones is 1. The highest BCUT2D eigenvalue weighted by atomic mass is 16.7. The molecule has 22 heavy (non-hydrogen) atoms. The maximum absolute atomic E-state index is 12.4. The molecule has 1 aliphatic heterocycles. The van der Waals surface area contributed by atoms with E-state index < -0.39 is 29.4 Å². The first kappa shape index (κ1) is 15.7. The molecule has 7 heteroatoms. The molecule has 1 heterocycles. The molecule has 1 aromatic rings. The molecule has 0 aromatic heterocycles. The van der Waals surface area contributed by atoms with E-state index in [1.807, 2.05) is 0 Å². The van der Waals surface area contributed by atoms with Crippen molar-refractivity contribution in [3.8, 4) is 0 Å². The molecule has 0 radical (unpaired) electrons. The van der Waals surface area contributed by atoms with Crippen molar-refractivity contribution in [1.82, 2.24) is 0 Å². The minimum Gasteiger partial charge on any atom is -0.422 e. The van der Waals surface area contributed by atoms with Crippen molar-refractivity contribution >= 4 is 29.6 Å². The normalized spacial score (nSPS) is 17.4. The van der Waals surface area contributed by atoms with E-state index in [1.54, 1.807) is 13.1 Å². The lowest BCUT2D eigenvalue weighted by atomic mass is 9.95. The van der Waals surface area contributed by atoms with Gasteiger partial charge in [-0.1, -0.05) is 0 Å². The smallest absolute Gasteiger partial charge is 0.331 e. The van der Waals surface area contributed by atoms with Crippen LogP contribution >= 0.6 is 0 Å².